The second-order valence-corrected chi connectivity index (χ2v) is 5.87. The first-order valence-corrected chi connectivity index (χ1v) is 7.83. The lowest BCUT2D eigenvalue weighted by Crippen LogP contribution is -2.20. The minimum atomic E-state index is 0.854. The van der Waals surface area contributed by atoms with E-state index in [0.29, 0.717) is 0 Å². The fourth-order valence-corrected chi connectivity index (χ4v) is 2.40. The number of methoxy groups -OCH3 is 1. The SMILES string of the molecule is COc1ccc(CN(C)CCCCCNC2CC2)cc1. The van der Waals surface area contributed by atoms with Crippen molar-refractivity contribution in [1.29, 1.82) is 0 Å². The zero-order valence-electron chi connectivity index (χ0n) is 12.9. The first kappa shape index (κ1) is 15.3. The average molecular weight is 276 g/mol. The summed E-state index contributed by atoms with van der Waals surface area (Å²) in [6.07, 6.45) is 6.72. The van der Waals surface area contributed by atoms with Gasteiger partial charge in [-0.25, -0.2) is 0 Å². The summed E-state index contributed by atoms with van der Waals surface area (Å²) < 4.78 is 5.18. The third-order valence-corrected chi connectivity index (χ3v) is 3.84. The summed E-state index contributed by atoms with van der Waals surface area (Å²) in [5.41, 5.74) is 1.35. The summed E-state index contributed by atoms with van der Waals surface area (Å²) in [6, 6.07) is 9.22. The molecule has 1 aliphatic rings. The first-order valence-electron chi connectivity index (χ1n) is 7.83. The molecular formula is C17H28N2O. The second-order valence-electron chi connectivity index (χ2n) is 5.87. The van der Waals surface area contributed by atoms with E-state index in [1.54, 1.807) is 7.11 Å². The highest BCUT2D eigenvalue weighted by molar-refractivity contribution is 5.26. The molecule has 0 amide bonds. The van der Waals surface area contributed by atoms with Gasteiger partial charge in [-0.05, 0) is 63.5 Å². The van der Waals surface area contributed by atoms with Crippen LogP contribution in [0, 0.1) is 0 Å². The molecule has 0 saturated heterocycles. The van der Waals surface area contributed by atoms with Gasteiger partial charge in [0.05, 0.1) is 7.11 Å². The van der Waals surface area contributed by atoms with Gasteiger partial charge in [0.25, 0.3) is 0 Å². The summed E-state index contributed by atoms with van der Waals surface area (Å²) in [5, 5.41) is 3.57. The molecule has 1 aromatic carbocycles. The van der Waals surface area contributed by atoms with Gasteiger partial charge in [-0.3, -0.25) is 0 Å². The van der Waals surface area contributed by atoms with Crippen LogP contribution in [0.25, 0.3) is 0 Å². The summed E-state index contributed by atoms with van der Waals surface area (Å²) in [7, 11) is 3.91. The van der Waals surface area contributed by atoms with Gasteiger partial charge in [-0.1, -0.05) is 18.6 Å². The van der Waals surface area contributed by atoms with Crippen LogP contribution in [0.15, 0.2) is 24.3 Å². The summed E-state index contributed by atoms with van der Waals surface area (Å²) >= 11 is 0. The van der Waals surface area contributed by atoms with Crippen LogP contribution in [0.4, 0.5) is 0 Å². The van der Waals surface area contributed by atoms with Crippen molar-refractivity contribution in [3.63, 3.8) is 0 Å². The van der Waals surface area contributed by atoms with Gasteiger partial charge in [0.15, 0.2) is 0 Å². The molecule has 0 bridgehead atoms. The Bertz CT molecular complexity index is 373. The highest BCUT2D eigenvalue weighted by atomic mass is 16.5. The third-order valence-electron chi connectivity index (χ3n) is 3.84. The molecule has 1 aromatic rings. The maximum Gasteiger partial charge on any atom is 0.118 e. The lowest BCUT2D eigenvalue weighted by atomic mass is 10.2. The van der Waals surface area contributed by atoms with Crippen LogP contribution in [0.5, 0.6) is 5.75 Å². The average Bonchev–Trinajstić information content (AvgIpc) is 3.27. The van der Waals surface area contributed by atoms with Crippen LogP contribution in [0.2, 0.25) is 0 Å². The van der Waals surface area contributed by atoms with E-state index in [-0.39, 0.29) is 0 Å². The molecule has 0 aromatic heterocycles. The minimum absolute atomic E-state index is 0.854. The lowest BCUT2D eigenvalue weighted by molar-refractivity contribution is 0.316. The van der Waals surface area contributed by atoms with Gasteiger partial charge in [-0.2, -0.15) is 0 Å². The van der Waals surface area contributed by atoms with Gasteiger partial charge < -0.3 is 15.0 Å². The zero-order chi connectivity index (χ0) is 14.2. The van der Waals surface area contributed by atoms with E-state index in [0.717, 1.165) is 18.3 Å². The minimum Gasteiger partial charge on any atom is -0.497 e. The van der Waals surface area contributed by atoms with Gasteiger partial charge in [0.1, 0.15) is 5.75 Å². The molecule has 20 heavy (non-hydrogen) atoms. The predicted molar refractivity (Wildman–Crippen MR) is 84.2 cm³/mol. The highest BCUT2D eigenvalue weighted by Crippen LogP contribution is 2.18. The molecule has 0 atom stereocenters. The van der Waals surface area contributed by atoms with E-state index in [1.165, 1.54) is 50.8 Å². The molecule has 0 radical (unpaired) electrons. The summed E-state index contributed by atoms with van der Waals surface area (Å²) in [4.78, 5) is 2.40. The van der Waals surface area contributed by atoms with Crippen molar-refractivity contribution in [2.45, 2.75) is 44.7 Å². The van der Waals surface area contributed by atoms with Crippen molar-refractivity contribution in [3.05, 3.63) is 29.8 Å². The monoisotopic (exact) mass is 276 g/mol. The van der Waals surface area contributed by atoms with Crippen molar-refractivity contribution in [2.75, 3.05) is 27.2 Å². The fraction of sp³-hybridized carbons (Fsp3) is 0.647. The van der Waals surface area contributed by atoms with Gasteiger partial charge in [-0.15, -0.1) is 0 Å². The van der Waals surface area contributed by atoms with E-state index < -0.39 is 0 Å². The number of hydrogen-bond donors (Lipinski definition) is 1. The van der Waals surface area contributed by atoms with Crippen LogP contribution >= 0.6 is 0 Å². The zero-order valence-corrected chi connectivity index (χ0v) is 12.9. The Hall–Kier alpha value is -1.06. The van der Waals surface area contributed by atoms with E-state index in [4.69, 9.17) is 4.74 Å². The Balaban J connectivity index is 1.53. The smallest absolute Gasteiger partial charge is 0.118 e. The number of nitrogens with one attached hydrogen (secondary N) is 1. The largest absolute Gasteiger partial charge is 0.497 e. The molecule has 0 spiro atoms. The van der Waals surface area contributed by atoms with Crippen LogP contribution in [0.3, 0.4) is 0 Å². The molecule has 2 rings (SSSR count). The maximum absolute atomic E-state index is 5.18. The van der Waals surface area contributed by atoms with Crippen molar-refractivity contribution in [3.8, 4) is 5.75 Å². The van der Waals surface area contributed by atoms with Crippen molar-refractivity contribution in [2.24, 2.45) is 0 Å². The molecule has 0 unspecified atom stereocenters. The number of hydrogen-bond acceptors (Lipinski definition) is 3. The van der Waals surface area contributed by atoms with Crippen LogP contribution in [-0.4, -0.2) is 38.2 Å². The highest BCUT2D eigenvalue weighted by Gasteiger charge is 2.19. The Kier molecular flexibility index (Phi) is 6.34. The van der Waals surface area contributed by atoms with E-state index in [9.17, 15) is 0 Å². The Labute approximate surface area is 123 Å². The van der Waals surface area contributed by atoms with Crippen LogP contribution in [-0.2, 0) is 6.54 Å². The third kappa shape index (κ3) is 5.93. The normalized spacial score (nSPS) is 14.8. The molecule has 1 N–H and O–H groups in total. The molecule has 0 heterocycles. The predicted octanol–water partition coefficient (Wildman–Crippen LogP) is 3.05. The molecule has 1 fully saturated rings. The summed E-state index contributed by atoms with van der Waals surface area (Å²) in [5.74, 6) is 0.930. The van der Waals surface area contributed by atoms with E-state index >= 15 is 0 Å². The van der Waals surface area contributed by atoms with Crippen molar-refractivity contribution < 1.29 is 4.74 Å². The molecule has 1 aliphatic carbocycles. The van der Waals surface area contributed by atoms with Crippen LogP contribution < -0.4 is 10.1 Å². The standard InChI is InChI=1S/C17H28N2O/c1-19(13-5-3-4-12-18-16-8-9-16)14-15-6-10-17(20-2)11-7-15/h6-7,10-11,16,18H,3-5,8-9,12-14H2,1-2H3. The molecule has 1 saturated carbocycles. The van der Waals surface area contributed by atoms with Gasteiger partial charge in [0, 0.05) is 12.6 Å². The van der Waals surface area contributed by atoms with Gasteiger partial charge >= 0.3 is 0 Å². The first-order chi connectivity index (χ1) is 9.78. The number of rotatable bonds is 10. The maximum atomic E-state index is 5.18. The van der Waals surface area contributed by atoms with Crippen molar-refractivity contribution in [1.82, 2.24) is 10.2 Å². The molecular weight excluding hydrogens is 248 g/mol. The van der Waals surface area contributed by atoms with E-state index in [2.05, 4.69) is 29.4 Å². The summed E-state index contributed by atoms with van der Waals surface area (Å²) in [6.45, 7) is 3.40. The number of ether oxygens (including phenoxy) is 1. The Morgan fingerprint density at radius 2 is 1.90 bits per heavy atom. The number of benzene rings is 1. The fourth-order valence-electron chi connectivity index (χ4n) is 2.40. The Morgan fingerprint density at radius 3 is 2.55 bits per heavy atom. The number of unbranched alkanes of at least 4 members (excludes halogenated alkanes) is 2. The second kappa shape index (κ2) is 8.28. The quantitative estimate of drug-likeness (QED) is 0.665. The molecule has 3 nitrogen and oxygen atoms in total. The van der Waals surface area contributed by atoms with E-state index in [1.807, 2.05) is 12.1 Å². The Morgan fingerprint density at radius 1 is 1.15 bits per heavy atom. The van der Waals surface area contributed by atoms with Crippen molar-refractivity contribution >= 4 is 0 Å². The van der Waals surface area contributed by atoms with Crippen LogP contribution in [0.1, 0.15) is 37.7 Å². The molecule has 0 aliphatic heterocycles. The topological polar surface area (TPSA) is 24.5 Å². The lowest BCUT2D eigenvalue weighted by Gasteiger charge is -2.16. The molecule has 3 heteroatoms. The van der Waals surface area contributed by atoms with Gasteiger partial charge in [0.2, 0.25) is 0 Å². The molecule has 112 valence electrons. The number of nitrogens with zero attached hydrogens (tertiary/aromatic N) is 1.